The van der Waals surface area contributed by atoms with Crippen LogP contribution in [0.25, 0.3) is 0 Å². The Hall–Kier alpha value is -1.07. The van der Waals surface area contributed by atoms with Crippen molar-refractivity contribution in [2.45, 2.75) is 19.9 Å². The lowest BCUT2D eigenvalue weighted by Gasteiger charge is -2.37. The molecule has 1 amide bonds. The molecule has 1 aliphatic heterocycles. The molecule has 1 aromatic heterocycles. The molecule has 2 rings (SSSR count). The summed E-state index contributed by atoms with van der Waals surface area (Å²) < 4.78 is 0. The molecule has 2 atom stereocenters. The summed E-state index contributed by atoms with van der Waals surface area (Å²) in [5.41, 5.74) is 5.79. The molecule has 0 radical (unpaired) electrons. The minimum Gasteiger partial charge on any atom is -0.360 e. The van der Waals surface area contributed by atoms with Crippen LogP contribution in [0.15, 0.2) is 17.5 Å². The van der Waals surface area contributed by atoms with E-state index in [1.807, 2.05) is 18.7 Å². The van der Waals surface area contributed by atoms with Crippen LogP contribution in [0.3, 0.4) is 0 Å². The average Bonchev–Trinajstić information content (AvgIpc) is 2.91. The number of nitrogens with two attached hydrogens (primary N) is 1. The van der Waals surface area contributed by atoms with E-state index in [1.165, 1.54) is 5.00 Å². The Bertz CT molecular complexity index is 383. The molecular formula is C13H21N3OS. The van der Waals surface area contributed by atoms with Gasteiger partial charge in [0.1, 0.15) is 0 Å². The van der Waals surface area contributed by atoms with Gasteiger partial charge < -0.3 is 15.5 Å². The van der Waals surface area contributed by atoms with Gasteiger partial charge in [-0.05, 0) is 24.4 Å². The van der Waals surface area contributed by atoms with E-state index < -0.39 is 0 Å². The highest BCUT2D eigenvalue weighted by molar-refractivity contribution is 7.14. The van der Waals surface area contributed by atoms with Gasteiger partial charge in [-0.25, -0.2) is 0 Å². The lowest BCUT2D eigenvalue weighted by Crippen LogP contribution is -2.51. The summed E-state index contributed by atoms with van der Waals surface area (Å²) in [5, 5.41) is 3.38. The molecule has 1 fully saturated rings. The largest absolute Gasteiger partial charge is 0.360 e. The van der Waals surface area contributed by atoms with Crippen molar-refractivity contribution in [2.75, 3.05) is 31.1 Å². The van der Waals surface area contributed by atoms with Crippen LogP contribution in [-0.2, 0) is 4.79 Å². The second-order valence-corrected chi connectivity index (χ2v) is 5.84. The quantitative estimate of drug-likeness (QED) is 0.900. The second kappa shape index (κ2) is 5.71. The molecule has 0 spiro atoms. The standard InChI is InChI=1S/C13H21N3OS/c1-10(11(2)14)13(17)16-7-5-15(6-8-16)12-4-3-9-18-12/h3-4,9-11H,5-8,14H2,1-2H3. The maximum atomic E-state index is 12.2. The van der Waals surface area contributed by atoms with Crippen molar-refractivity contribution in [3.05, 3.63) is 17.5 Å². The highest BCUT2D eigenvalue weighted by Crippen LogP contribution is 2.22. The van der Waals surface area contributed by atoms with E-state index in [0.717, 1.165) is 26.2 Å². The molecule has 4 nitrogen and oxygen atoms in total. The Labute approximate surface area is 112 Å². The van der Waals surface area contributed by atoms with Gasteiger partial charge in [0.2, 0.25) is 5.91 Å². The van der Waals surface area contributed by atoms with Gasteiger partial charge in [0, 0.05) is 32.2 Å². The van der Waals surface area contributed by atoms with E-state index in [1.54, 1.807) is 11.3 Å². The van der Waals surface area contributed by atoms with Crippen LogP contribution in [0, 0.1) is 5.92 Å². The van der Waals surface area contributed by atoms with Crippen molar-refractivity contribution < 1.29 is 4.79 Å². The third-order valence-electron chi connectivity index (χ3n) is 3.59. The van der Waals surface area contributed by atoms with Crippen molar-refractivity contribution in [3.63, 3.8) is 0 Å². The van der Waals surface area contributed by atoms with E-state index in [9.17, 15) is 4.79 Å². The van der Waals surface area contributed by atoms with Crippen LogP contribution in [0.5, 0.6) is 0 Å². The highest BCUT2D eigenvalue weighted by Gasteiger charge is 2.26. The number of thiophene rings is 1. The number of rotatable bonds is 3. The summed E-state index contributed by atoms with van der Waals surface area (Å²) in [7, 11) is 0. The first-order valence-corrected chi connectivity index (χ1v) is 7.30. The first-order chi connectivity index (χ1) is 8.59. The number of carbonyl (C=O) groups is 1. The Morgan fingerprint density at radius 2 is 2.00 bits per heavy atom. The predicted molar refractivity (Wildman–Crippen MR) is 75.9 cm³/mol. The van der Waals surface area contributed by atoms with Crippen LogP contribution in [0.1, 0.15) is 13.8 Å². The fraction of sp³-hybridized carbons (Fsp3) is 0.615. The summed E-state index contributed by atoms with van der Waals surface area (Å²) in [5.74, 6) is 0.106. The molecule has 0 bridgehead atoms. The molecular weight excluding hydrogens is 246 g/mol. The molecule has 0 aliphatic carbocycles. The number of nitrogens with zero attached hydrogens (tertiary/aromatic N) is 2. The van der Waals surface area contributed by atoms with E-state index in [4.69, 9.17) is 5.73 Å². The average molecular weight is 267 g/mol. The van der Waals surface area contributed by atoms with E-state index in [2.05, 4.69) is 22.4 Å². The SMILES string of the molecule is CC(N)C(C)C(=O)N1CCN(c2cccs2)CC1. The number of piperazine rings is 1. The summed E-state index contributed by atoms with van der Waals surface area (Å²) in [6.45, 7) is 7.24. The summed E-state index contributed by atoms with van der Waals surface area (Å²) in [6.07, 6.45) is 0. The maximum absolute atomic E-state index is 12.2. The number of anilines is 1. The highest BCUT2D eigenvalue weighted by atomic mass is 32.1. The van der Waals surface area contributed by atoms with E-state index in [0.29, 0.717) is 0 Å². The van der Waals surface area contributed by atoms with Crippen LogP contribution >= 0.6 is 11.3 Å². The van der Waals surface area contributed by atoms with E-state index >= 15 is 0 Å². The van der Waals surface area contributed by atoms with Crippen molar-refractivity contribution >= 4 is 22.2 Å². The van der Waals surface area contributed by atoms with E-state index in [-0.39, 0.29) is 17.9 Å². The zero-order chi connectivity index (χ0) is 13.1. The molecule has 5 heteroatoms. The van der Waals surface area contributed by atoms with Crippen molar-refractivity contribution in [3.8, 4) is 0 Å². The van der Waals surface area contributed by atoms with Gasteiger partial charge in [0.25, 0.3) is 0 Å². The molecule has 2 unspecified atom stereocenters. The topological polar surface area (TPSA) is 49.6 Å². The number of carbonyl (C=O) groups excluding carboxylic acids is 1. The zero-order valence-electron chi connectivity index (χ0n) is 11.0. The molecule has 0 saturated carbocycles. The number of hydrogen-bond acceptors (Lipinski definition) is 4. The first kappa shape index (κ1) is 13.4. The van der Waals surface area contributed by atoms with Crippen LogP contribution in [0.4, 0.5) is 5.00 Å². The third kappa shape index (κ3) is 2.84. The van der Waals surface area contributed by atoms with Crippen molar-refractivity contribution in [2.24, 2.45) is 11.7 Å². The Balaban J connectivity index is 1.89. The Morgan fingerprint density at radius 1 is 1.33 bits per heavy atom. The minimum atomic E-state index is -0.0849. The third-order valence-corrected chi connectivity index (χ3v) is 4.52. The fourth-order valence-corrected chi connectivity index (χ4v) is 2.90. The molecule has 1 saturated heterocycles. The van der Waals surface area contributed by atoms with Gasteiger partial charge in [0.05, 0.1) is 10.9 Å². The van der Waals surface area contributed by atoms with Crippen LogP contribution in [-0.4, -0.2) is 43.0 Å². The Morgan fingerprint density at radius 3 is 2.50 bits per heavy atom. The molecule has 18 heavy (non-hydrogen) atoms. The monoisotopic (exact) mass is 267 g/mol. The van der Waals surface area contributed by atoms with Crippen LogP contribution < -0.4 is 10.6 Å². The predicted octanol–water partition coefficient (Wildman–Crippen LogP) is 1.38. The molecule has 1 aliphatic rings. The molecule has 2 N–H and O–H groups in total. The van der Waals surface area contributed by atoms with Gasteiger partial charge in [-0.15, -0.1) is 11.3 Å². The first-order valence-electron chi connectivity index (χ1n) is 6.42. The van der Waals surface area contributed by atoms with Gasteiger partial charge >= 0.3 is 0 Å². The molecule has 2 heterocycles. The molecule has 1 aromatic rings. The summed E-state index contributed by atoms with van der Waals surface area (Å²) >= 11 is 1.75. The Kier molecular flexibility index (Phi) is 4.24. The fourth-order valence-electron chi connectivity index (χ4n) is 2.11. The molecule has 100 valence electrons. The van der Waals surface area contributed by atoms with Gasteiger partial charge in [-0.2, -0.15) is 0 Å². The van der Waals surface area contributed by atoms with Gasteiger partial charge in [-0.3, -0.25) is 4.79 Å². The normalized spacial score (nSPS) is 19.7. The smallest absolute Gasteiger partial charge is 0.227 e. The van der Waals surface area contributed by atoms with Crippen molar-refractivity contribution in [1.29, 1.82) is 0 Å². The second-order valence-electron chi connectivity index (χ2n) is 4.91. The summed E-state index contributed by atoms with van der Waals surface area (Å²) in [4.78, 5) is 16.4. The minimum absolute atomic E-state index is 0.0761. The molecule has 0 aromatic carbocycles. The van der Waals surface area contributed by atoms with Gasteiger partial charge in [0.15, 0.2) is 0 Å². The number of amides is 1. The van der Waals surface area contributed by atoms with Crippen molar-refractivity contribution in [1.82, 2.24) is 4.90 Å². The number of hydrogen-bond donors (Lipinski definition) is 1. The lowest BCUT2D eigenvalue weighted by atomic mass is 10.0. The zero-order valence-corrected chi connectivity index (χ0v) is 11.8. The van der Waals surface area contributed by atoms with Crippen LogP contribution in [0.2, 0.25) is 0 Å². The van der Waals surface area contributed by atoms with Gasteiger partial charge in [-0.1, -0.05) is 6.92 Å². The lowest BCUT2D eigenvalue weighted by molar-refractivity contribution is -0.135. The summed E-state index contributed by atoms with van der Waals surface area (Å²) in [6, 6.07) is 4.12. The maximum Gasteiger partial charge on any atom is 0.227 e.